The Bertz CT molecular complexity index is 809. The lowest BCUT2D eigenvalue weighted by atomic mass is 10.2. The molecule has 0 radical (unpaired) electrons. The van der Waals surface area contributed by atoms with Crippen LogP contribution in [-0.4, -0.2) is 15.4 Å². The van der Waals surface area contributed by atoms with Crippen molar-refractivity contribution in [1.82, 2.24) is 9.55 Å². The van der Waals surface area contributed by atoms with E-state index in [2.05, 4.69) is 0 Å². The number of halogens is 3. The van der Waals surface area contributed by atoms with E-state index in [0.717, 1.165) is 28.1 Å². The highest BCUT2D eigenvalue weighted by Gasteiger charge is 2.16. The van der Waals surface area contributed by atoms with E-state index >= 15 is 0 Å². The van der Waals surface area contributed by atoms with Gasteiger partial charge in [-0.25, -0.2) is 4.98 Å². The van der Waals surface area contributed by atoms with Gasteiger partial charge in [0.25, 0.3) is 0 Å². The van der Waals surface area contributed by atoms with E-state index in [0.29, 0.717) is 22.3 Å². The Morgan fingerprint density at radius 3 is 2.62 bits per heavy atom. The zero-order chi connectivity index (χ0) is 15.0. The highest BCUT2D eigenvalue weighted by molar-refractivity contribution is 6.43. The number of aryl methyl sites for hydroxylation is 2. The highest BCUT2D eigenvalue weighted by Crippen LogP contribution is 2.32. The summed E-state index contributed by atoms with van der Waals surface area (Å²) in [5.41, 5.74) is 3.94. The van der Waals surface area contributed by atoms with E-state index < -0.39 is 0 Å². The van der Waals surface area contributed by atoms with Gasteiger partial charge in [-0.3, -0.25) is 4.57 Å². The zero-order valence-corrected chi connectivity index (χ0v) is 13.7. The Kier molecular flexibility index (Phi) is 4.12. The van der Waals surface area contributed by atoms with Gasteiger partial charge in [0.15, 0.2) is 0 Å². The first-order valence-corrected chi connectivity index (χ1v) is 7.90. The number of alkyl halides is 1. The first kappa shape index (κ1) is 14.7. The molecule has 0 amide bonds. The summed E-state index contributed by atoms with van der Waals surface area (Å²) < 4.78 is 2.04. The van der Waals surface area contributed by atoms with Crippen molar-refractivity contribution in [2.24, 2.45) is 0 Å². The minimum Gasteiger partial charge on any atom is -0.295 e. The highest BCUT2D eigenvalue weighted by atomic mass is 35.5. The minimum absolute atomic E-state index is 0.501. The molecule has 2 nitrogen and oxygen atoms in total. The van der Waals surface area contributed by atoms with Gasteiger partial charge in [0.2, 0.25) is 0 Å². The molecule has 0 aliphatic carbocycles. The second kappa shape index (κ2) is 5.88. The van der Waals surface area contributed by atoms with Gasteiger partial charge < -0.3 is 0 Å². The molecule has 0 saturated heterocycles. The van der Waals surface area contributed by atoms with Crippen LogP contribution in [0, 0.1) is 6.92 Å². The molecule has 2 aromatic carbocycles. The third kappa shape index (κ3) is 2.52. The van der Waals surface area contributed by atoms with Crippen molar-refractivity contribution < 1.29 is 0 Å². The zero-order valence-electron chi connectivity index (χ0n) is 11.4. The SMILES string of the molecule is Cc1cccc2c1nc(CCCl)n2-c1cccc(Cl)c1Cl. The molecule has 5 heteroatoms. The maximum atomic E-state index is 6.38. The molecule has 0 unspecified atom stereocenters. The number of para-hydroxylation sites is 1. The number of hydrogen-bond donors (Lipinski definition) is 0. The summed E-state index contributed by atoms with van der Waals surface area (Å²) in [6, 6.07) is 11.7. The molecule has 108 valence electrons. The van der Waals surface area contributed by atoms with Crippen LogP contribution in [0.15, 0.2) is 36.4 Å². The fraction of sp³-hybridized carbons (Fsp3) is 0.188. The number of hydrogen-bond acceptors (Lipinski definition) is 1. The van der Waals surface area contributed by atoms with E-state index in [4.69, 9.17) is 39.8 Å². The fourth-order valence-corrected chi connectivity index (χ4v) is 3.02. The molecule has 1 aromatic heterocycles. The van der Waals surface area contributed by atoms with E-state index in [1.807, 2.05) is 41.8 Å². The molecule has 0 aliphatic rings. The van der Waals surface area contributed by atoms with E-state index in [-0.39, 0.29) is 0 Å². The second-order valence-corrected chi connectivity index (χ2v) is 5.98. The lowest BCUT2D eigenvalue weighted by molar-refractivity contribution is 0.912. The van der Waals surface area contributed by atoms with Crippen molar-refractivity contribution in [2.75, 3.05) is 5.88 Å². The van der Waals surface area contributed by atoms with E-state index in [1.165, 1.54) is 0 Å². The number of rotatable bonds is 3. The Balaban J connectivity index is 2.37. The molecule has 0 bridgehead atoms. The summed E-state index contributed by atoms with van der Waals surface area (Å²) in [4.78, 5) is 4.73. The molecule has 21 heavy (non-hydrogen) atoms. The molecule has 0 atom stereocenters. The lowest BCUT2D eigenvalue weighted by Crippen LogP contribution is -2.03. The van der Waals surface area contributed by atoms with Crippen molar-refractivity contribution in [1.29, 1.82) is 0 Å². The second-order valence-electron chi connectivity index (χ2n) is 4.82. The molecular formula is C16H13Cl3N2. The van der Waals surface area contributed by atoms with Crippen LogP contribution < -0.4 is 0 Å². The molecular weight excluding hydrogens is 327 g/mol. The van der Waals surface area contributed by atoms with Crippen molar-refractivity contribution in [3.8, 4) is 5.69 Å². The third-order valence-corrected chi connectivity index (χ3v) is 4.44. The van der Waals surface area contributed by atoms with Crippen LogP contribution in [0.1, 0.15) is 11.4 Å². The number of imidazole rings is 1. The average Bonchev–Trinajstić information content (AvgIpc) is 2.82. The van der Waals surface area contributed by atoms with Gasteiger partial charge in [-0.1, -0.05) is 41.4 Å². The standard InChI is InChI=1S/C16H13Cl3N2/c1-10-4-2-7-13-16(10)20-14(8-9-17)21(13)12-6-3-5-11(18)15(12)19/h2-7H,8-9H2,1H3. The van der Waals surface area contributed by atoms with E-state index in [9.17, 15) is 0 Å². The summed E-state index contributed by atoms with van der Waals surface area (Å²) in [6.07, 6.45) is 0.665. The van der Waals surface area contributed by atoms with Gasteiger partial charge in [0.1, 0.15) is 5.82 Å². The molecule has 0 saturated carbocycles. The van der Waals surface area contributed by atoms with Crippen molar-refractivity contribution in [2.45, 2.75) is 13.3 Å². The van der Waals surface area contributed by atoms with Crippen molar-refractivity contribution >= 4 is 45.8 Å². The topological polar surface area (TPSA) is 17.8 Å². The normalized spacial score (nSPS) is 11.2. The molecule has 0 aliphatic heterocycles. The third-order valence-electron chi connectivity index (χ3n) is 3.45. The largest absolute Gasteiger partial charge is 0.295 e. The molecule has 0 fully saturated rings. The molecule has 1 heterocycles. The van der Waals surface area contributed by atoms with Gasteiger partial charge in [0.05, 0.1) is 26.8 Å². The summed E-state index contributed by atoms with van der Waals surface area (Å²) in [5.74, 6) is 1.39. The quantitative estimate of drug-likeness (QED) is 0.582. The Labute approximate surface area is 138 Å². The Morgan fingerprint density at radius 2 is 1.86 bits per heavy atom. The van der Waals surface area contributed by atoms with Crippen LogP contribution in [0.3, 0.4) is 0 Å². The fourth-order valence-electron chi connectivity index (χ4n) is 2.47. The van der Waals surface area contributed by atoms with Gasteiger partial charge in [0, 0.05) is 12.3 Å². The molecule has 0 N–H and O–H groups in total. The average molecular weight is 340 g/mol. The minimum atomic E-state index is 0.501. The van der Waals surface area contributed by atoms with Gasteiger partial charge in [-0.15, -0.1) is 11.6 Å². The van der Waals surface area contributed by atoms with Crippen LogP contribution in [0.4, 0.5) is 0 Å². The molecule has 3 rings (SSSR count). The van der Waals surface area contributed by atoms with Crippen molar-refractivity contribution in [3.63, 3.8) is 0 Å². The maximum Gasteiger partial charge on any atom is 0.115 e. The van der Waals surface area contributed by atoms with Gasteiger partial charge >= 0.3 is 0 Å². The summed E-state index contributed by atoms with van der Waals surface area (Å²) in [6.45, 7) is 2.05. The summed E-state index contributed by atoms with van der Waals surface area (Å²) >= 11 is 18.5. The monoisotopic (exact) mass is 338 g/mol. The lowest BCUT2D eigenvalue weighted by Gasteiger charge is -2.11. The predicted octanol–water partition coefficient (Wildman–Crippen LogP) is 5.42. The number of aromatic nitrogens is 2. The van der Waals surface area contributed by atoms with Crippen LogP contribution in [-0.2, 0) is 6.42 Å². The number of nitrogens with zero attached hydrogens (tertiary/aromatic N) is 2. The Morgan fingerprint density at radius 1 is 1.10 bits per heavy atom. The van der Waals surface area contributed by atoms with Gasteiger partial charge in [-0.2, -0.15) is 0 Å². The molecule has 3 aromatic rings. The summed E-state index contributed by atoms with van der Waals surface area (Å²) in [5, 5.41) is 1.05. The Hall–Kier alpha value is -1.22. The van der Waals surface area contributed by atoms with Crippen LogP contribution >= 0.6 is 34.8 Å². The van der Waals surface area contributed by atoms with Crippen LogP contribution in [0.25, 0.3) is 16.7 Å². The van der Waals surface area contributed by atoms with Crippen molar-refractivity contribution in [3.05, 3.63) is 57.8 Å². The number of fused-ring (bicyclic) bond motifs is 1. The van der Waals surface area contributed by atoms with Crippen LogP contribution in [0.5, 0.6) is 0 Å². The first-order valence-electron chi connectivity index (χ1n) is 6.60. The smallest absolute Gasteiger partial charge is 0.115 e. The predicted molar refractivity (Wildman–Crippen MR) is 90.3 cm³/mol. The first-order chi connectivity index (χ1) is 10.1. The van der Waals surface area contributed by atoms with Gasteiger partial charge in [-0.05, 0) is 30.7 Å². The number of benzene rings is 2. The maximum absolute atomic E-state index is 6.38. The molecule has 0 spiro atoms. The van der Waals surface area contributed by atoms with E-state index in [1.54, 1.807) is 6.07 Å². The van der Waals surface area contributed by atoms with Crippen LogP contribution in [0.2, 0.25) is 10.0 Å². The summed E-state index contributed by atoms with van der Waals surface area (Å²) in [7, 11) is 0.